The van der Waals surface area contributed by atoms with Gasteiger partial charge in [-0.25, -0.2) is 4.79 Å². The number of carbonyl (C=O) groups excluding carboxylic acids is 1. The van der Waals surface area contributed by atoms with Crippen molar-refractivity contribution in [3.8, 4) is 0 Å². The van der Waals surface area contributed by atoms with E-state index in [1.807, 2.05) is 0 Å². The fraction of sp³-hybridized carbons (Fsp3) is 0.533. The van der Waals surface area contributed by atoms with Gasteiger partial charge in [0.2, 0.25) is 0 Å². The Bertz CT molecular complexity index is 410. The number of hydrogen-bond donors (Lipinski definition) is 2. The molecule has 0 radical (unpaired) electrons. The third kappa shape index (κ3) is 6.43. The summed E-state index contributed by atoms with van der Waals surface area (Å²) in [5.41, 5.74) is 7.36. The van der Waals surface area contributed by atoms with E-state index in [9.17, 15) is 4.79 Å². The Hall–Kier alpha value is -1.75. The summed E-state index contributed by atoms with van der Waals surface area (Å²) in [5, 5.41) is 3.27. The zero-order chi connectivity index (χ0) is 15.0. The molecule has 1 rings (SSSR count). The molecule has 0 aliphatic rings. The highest BCUT2D eigenvalue weighted by Crippen LogP contribution is 2.23. The van der Waals surface area contributed by atoms with Crippen LogP contribution in [0.1, 0.15) is 26.3 Å². The number of anilines is 1. The SMILES string of the molecule is CC(C)(C)c1ccc(NCCOCCOC(N)=O)cc1. The molecule has 0 fully saturated rings. The van der Waals surface area contributed by atoms with Crippen LogP contribution in [-0.2, 0) is 14.9 Å². The molecule has 1 aromatic rings. The summed E-state index contributed by atoms with van der Waals surface area (Å²) in [4.78, 5) is 10.3. The Morgan fingerprint density at radius 2 is 1.80 bits per heavy atom. The molecular formula is C15H24N2O3. The fourth-order valence-electron chi connectivity index (χ4n) is 1.66. The van der Waals surface area contributed by atoms with E-state index in [1.165, 1.54) is 5.56 Å². The third-order valence-electron chi connectivity index (χ3n) is 2.80. The van der Waals surface area contributed by atoms with Crippen LogP contribution in [0.15, 0.2) is 24.3 Å². The maximum absolute atomic E-state index is 10.3. The lowest BCUT2D eigenvalue weighted by atomic mass is 9.87. The second kappa shape index (κ2) is 7.75. The quantitative estimate of drug-likeness (QED) is 0.753. The maximum atomic E-state index is 10.3. The normalized spacial score (nSPS) is 11.2. The van der Waals surface area contributed by atoms with Crippen LogP contribution in [0.3, 0.4) is 0 Å². The van der Waals surface area contributed by atoms with E-state index in [0.717, 1.165) is 5.69 Å². The summed E-state index contributed by atoms with van der Waals surface area (Å²) in [6, 6.07) is 8.39. The number of benzene rings is 1. The molecule has 0 saturated heterocycles. The minimum absolute atomic E-state index is 0.169. The molecule has 20 heavy (non-hydrogen) atoms. The Balaban J connectivity index is 2.18. The topological polar surface area (TPSA) is 73.6 Å². The second-order valence-electron chi connectivity index (χ2n) is 5.53. The molecule has 5 heteroatoms. The van der Waals surface area contributed by atoms with Crippen LogP contribution in [0.25, 0.3) is 0 Å². The lowest BCUT2D eigenvalue weighted by molar-refractivity contribution is 0.0814. The van der Waals surface area contributed by atoms with E-state index in [2.05, 4.69) is 55.1 Å². The first-order chi connectivity index (χ1) is 9.39. The van der Waals surface area contributed by atoms with Crippen molar-refractivity contribution in [3.63, 3.8) is 0 Å². The second-order valence-corrected chi connectivity index (χ2v) is 5.53. The summed E-state index contributed by atoms with van der Waals surface area (Å²) in [5.74, 6) is 0. The predicted molar refractivity (Wildman–Crippen MR) is 80.0 cm³/mol. The number of amides is 1. The van der Waals surface area contributed by atoms with Crippen molar-refractivity contribution in [1.29, 1.82) is 0 Å². The van der Waals surface area contributed by atoms with Gasteiger partial charge in [0, 0.05) is 12.2 Å². The van der Waals surface area contributed by atoms with Gasteiger partial charge in [0.05, 0.1) is 13.2 Å². The van der Waals surface area contributed by atoms with Gasteiger partial charge in [-0.05, 0) is 23.1 Å². The van der Waals surface area contributed by atoms with Crippen LogP contribution in [0.5, 0.6) is 0 Å². The summed E-state index contributed by atoms with van der Waals surface area (Å²) in [7, 11) is 0. The molecule has 0 aliphatic carbocycles. The number of carbonyl (C=O) groups is 1. The highest BCUT2D eigenvalue weighted by Gasteiger charge is 2.12. The van der Waals surface area contributed by atoms with Gasteiger partial charge in [0.1, 0.15) is 6.61 Å². The van der Waals surface area contributed by atoms with Crippen LogP contribution >= 0.6 is 0 Å². The van der Waals surface area contributed by atoms with Crippen LogP contribution < -0.4 is 11.1 Å². The van der Waals surface area contributed by atoms with Crippen molar-refractivity contribution < 1.29 is 14.3 Å². The van der Waals surface area contributed by atoms with Gasteiger partial charge in [-0.15, -0.1) is 0 Å². The average Bonchev–Trinajstić information content (AvgIpc) is 2.37. The van der Waals surface area contributed by atoms with Crippen LogP contribution in [0.4, 0.5) is 10.5 Å². The third-order valence-corrected chi connectivity index (χ3v) is 2.80. The molecular weight excluding hydrogens is 256 g/mol. The van der Waals surface area contributed by atoms with E-state index < -0.39 is 6.09 Å². The summed E-state index contributed by atoms with van der Waals surface area (Å²) < 4.78 is 9.83. The van der Waals surface area contributed by atoms with Gasteiger partial charge in [-0.1, -0.05) is 32.9 Å². The van der Waals surface area contributed by atoms with Gasteiger partial charge in [-0.3, -0.25) is 0 Å². The summed E-state index contributed by atoms with van der Waals surface area (Å²) in [6.45, 7) is 8.37. The Morgan fingerprint density at radius 3 is 2.35 bits per heavy atom. The van der Waals surface area contributed by atoms with Crippen molar-refractivity contribution in [3.05, 3.63) is 29.8 Å². The maximum Gasteiger partial charge on any atom is 0.404 e. The van der Waals surface area contributed by atoms with Gasteiger partial charge in [0.15, 0.2) is 0 Å². The first-order valence-electron chi connectivity index (χ1n) is 6.74. The number of ether oxygens (including phenoxy) is 2. The molecule has 0 heterocycles. The van der Waals surface area contributed by atoms with Gasteiger partial charge >= 0.3 is 6.09 Å². The fourth-order valence-corrected chi connectivity index (χ4v) is 1.66. The van der Waals surface area contributed by atoms with Gasteiger partial charge < -0.3 is 20.5 Å². The van der Waals surface area contributed by atoms with Crippen molar-refractivity contribution >= 4 is 11.8 Å². The minimum atomic E-state index is -0.773. The van der Waals surface area contributed by atoms with Gasteiger partial charge in [-0.2, -0.15) is 0 Å². The number of primary amides is 1. The zero-order valence-corrected chi connectivity index (χ0v) is 12.4. The zero-order valence-electron chi connectivity index (χ0n) is 12.4. The van der Waals surface area contributed by atoms with E-state index in [0.29, 0.717) is 19.8 Å². The Morgan fingerprint density at radius 1 is 1.15 bits per heavy atom. The molecule has 112 valence electrons. The summed E-state index contributed by atoms with van der Waals surface area (Å²) in [6.07, 6.45) is -0.773. The molecule has 0 spiro atoms. The first-order valence-corrected chi connectivity index (χ1v) is 6.74. The molecule has 0 unspecified atom stereocenters. The smallest absolute Gasteiger partial charge is 0.404 e. The molecule has 3 N–H and O–H groups in total. The lowest BCUT2D eigenvalue weighted by Crippen LogP contribution is -2.18. The first kappa shape index (κ1) is 16.3. The van der Waals surface area contributed by atoms with E-state index >= 15 is 0 Å². The van der Waals surface area contributed by atoms with Crippen molar-refractivity contribution in [1.82, 2.24) is 0 Å². The standard InChI is InChI=1S/C15H24N2O3/c1-15(2,3)12-4-6-13(7-5-12)17-8-9-19-10-11-20-14(16)18/h4-7,17H,8-11H2,1-3H3,(H2,16,18). The number of hydrogen-bond acceptors (Lipinski definition) is 4. The highest BCUT2D eigenvalue weighted by molar-refractivity contribution is 5.64. The highest BCUT2D eigenvalue weighted by atomic mass is 16.6. The number of nitrogens with one attached hydrogen (secondary N) is 1. The predicted octanol–water partition coefficient (Wildman–Crippen LogP) is 2.51. The van der Waals surface area contributed by atoms with E-state index in [1.54, 1.807) is 0 Å². The Kier molecular flexibility index (Phi) is 6.31. The van der Waals surface area contributed by atoms with Crippen molar-refractivity contribution in [2.24, 2.45) is 5.73 Å². The van der Waals surface area contributed by atoms with E-state index in [-0.39, 0.29) is 12.0 Å². The van der Waals surface area contributed by atoms with Crippen molar-refractivity contribution in [2.45, 2.75) is 26.2 Å². The van der Waals surface area contributed by atoms with Gasteiger partial charge in [0.25, 0.3) is 0 Å². The Labute approximate surface area is 120 Å². The van der Waals surface area contributed by atoms with Crippen molar-refractivity contribution in [2.75, 3.05) is 31.7 Å². The molecule has 1 aromatic carbocycles. The molecule has 0 aromatic heterocycles. The monoisotopic (exact) mass is 280 g/mol. The van der Waals surface area contributed by atoms with Crippen LogP contribution in [0, 0.1) is 0 Å². The summed E-state index contributed by atoms with van der Waals surface area (Å²) >= 11 is 0. The average molecular weight is 280 g/mol. The molecule has 1 amide bonds. The number of rotatable bonds is 7. The molecule has 0 atom stereocenters. The van der Waals surface area contributed by atoms with Crippen LogP contribution in [-0.4, -0.2) is 32.5 Å². The molecule has 0 aliphatic heterocycles. The molecule has 5 nitrogen and oxygen atoms in total. The minimum Gasteiger partial charge on any atom is -0.447 e. The van der Waals surface area contributed by atoms with E-state index in [4.69, 9.17) is 10.5 Å². The molecule has 0 bridgehead atoms. The van der Waals surface area contributed by atoms with Crippen LogP contribution in [0.2, 0.25) is 0 Å². The number of nitrogens with two attached hydrogens (primary N) is 1. The lowest BCUT2D eigenvalue weighted by Gasteiger charge is -2.19. The largest absolute Gasteiger partial charge is 0.447 e. The molecule has 0 saturated carbocycles.